The van der Waals surface area contributed by atoms with Gasteiger partial charge in [0.25, 0.3) is 5.91 Å². The molecule has 1 amide bonds. The number of phenolic OH excluding ortho intramolecular Hbond substituents is 1. The van der Waals surface area contributed by atoms with E-state index in [0.717, 1.165) is 42.4 Å². The zero-order valence-electron chi connectivity index (χ0n) is 13.1. The molecule has 116 valence electrons. The van der Waals surface area contributed by atoms with Crippen molar-refractivity contribution >= 4 is 12.0 Å². The maximum atomic E-state index is 12.2. The molecule has 0 atom stereocenters. The van der Waals surface area contributed by atoms with Crippen LogP contribution in [0.3, 0.4) is 0 Å². The van der Waals surface area contributed by atoms with Crippen molar-refractivity contribution in [2.75, 3.05) is 0 Å². The smallest absolute Gasteiger partial charge is 0.262 e. The zero-order chi connectivity index (χ0) is 16.1. The summed E-state index contributed by atoms with van der Waals surface area (Å²) in [6.45, 7) is 3.60. The summed E-state index contributed by atoms with van der Waals surface area (Å²) in [5.41, 5.74) is 2.32. The fourth-order valence-electron chi connectivity index (χ4n) is 2.90. The minimum absolute atomic E-state index is 0.107. The van der Waals surface area contributed by atoms with Crippen LogP contribution >= 0.6 is 0 Å². The number of aryl methyl sites for hydroxylation is 2. The highest BCUT2D eigenvalue weighted by Crippen LogP contribution is 2.24. The topological polar surface area (TPSA) is 73.1 Å². The Morgan fingerprint density at radius 3 is 2.41 bits per heavy atom. The number of rotatable bonds is 3. The van der Waals surface area contributed by atoms with Crippen molar-refractivity contribution in [1.82, 2.24) is 5.32 Å². The van der Waals surface area contributed by atoms with Crippen molar-refractivity contribution in [2.45, 2.75) is 52.0 Å². The van der Waals surface area contributed by atoms with Crippen LogP contribution in [0.5, 0.6) is 5.75 Å². The number of hydrogen-bond donors (Lipinski definition) is 2. The number of nitriles is 1. The molecule has 0 unspecified atom stereocenters. The first-order valence-electron chi connectivity index (χ1n) is 7.74. The third-order valence-electron chi connectivity index (χ3n) is 4.13. The van der Waals surface area contributed by atoms with Gasteiger partial charge in [-0.1, -0.05) is 19.3 Å². The van der Waals surface area contributed by atoms with E-state index >= 15 is 0 Å². The molecule has 2 N–H and O–H groups in total. The van der Waals surface area contributed by atoms with Crippen LogP contribution in [0.4, 0.5) is 0 Å². The number of amides is 1. The number of aromatic hydroxyl groups is 1. The van der Waals surface area contributed by atoms with Crippen LogP contribution in [-0.4, -0.2) is 17.1 Å². The van der Waals surface area contributed by atoms with E-state index in [4.69, 9.17) is 0 Å². The summed E-state index contributed by atoms with van der Waals surface area (Å²) in [5.74, 6) is -0.0555. The third kappa shape index (κ3) is 3.88. The number of carbonyl (C=O) groups excluding carboxylic acids is 1. The van der Waals surface area contributed by atoms with Gasteiger partial charge in [-0.2, -0.15) is 5.26 Å². The molecule has 1 aliphatic rings. The lowest BCUT2D eigenvalue weighted by atomic mass is 9.95. The maximum absolute atomic E-state index is 12.2. The van der Waals surface area contributed by atoms with Crippen molar-refractivity contribution in [3.8, 4) is 11.8 Å². The van der Waals surface area contributed by atoms with Crippen LogP contribution in [0.15, 0.2) is 17.7 Å². The van der Waals surface area contributed by atoms with Crippen LogP contribution in [-0.2, 0) is 4.79 Å². The molecule has 0 aromatic heterocycles. The predicted molar refractivity (Wildman–Crippen MR) is 86.2 cm³/mol. The number of phenols is 1. The first-order chi connectivity index (χ1) is 10.5. The minimum Gasteiger partial charge on any atom is -0.507 e. The molecule has 1 saturated carbocycles. The molecule has 1 aromatic carbocycles. The van der Waals surface area contributed by atoms with E-state index in [-0.39, 0.29) is 23.3 Å². The predicted octanol–water partition coefficient (Wildman–Crippen LogP) is 3.36. The van der Waals surface area contributed by atoms with Crippen molar-refractivity contribution < 1.29 is 9.90 Å². The van der Waals surface area contributed by atoms with Crippen molar-refractivity contribution in [1.29, 1.82) is 5.26 Å². The molecule has 0 bridgehead atoms. The lowest BCUT2D eigenvalue weighted by Crippen LogP contribution is -2.36. The second-order valence-corrected chi connectivity index (χ2v) is 5.98. The van der Waals surface area contributed by atoms with E-state index in [1.165, 1.54) is 6.42 Å². The van der Waals surface area contributed by atoms with E-state index in [2.05, 4.69) is 5.32 Å². The van der Waals surface area contributed by atoms with Crippen LogP contribution < -0.4 is 5.32 Å². The SMILES string of the molecule is Cc1cc(/C=C(\C#N)C(=O)NC2CCCCC2)cc(C)c1O. The molecule has 0 saturated heterocycles. The van der Waals surface area contributed by atoms with Gasteiger partial charge in [-0.05, 0) is 61.6 Å². The van der Waals surface area contributed by atoms with Gasteiger partial charge in [0.1, 0.15) is 17.4 Å². The van der Waals surface area contributed by atoms with E-state index in [9.17, 15) is 15.2 Å². The Morgan fingerprint density at radius 1 is 1.27 bits per heavy atom. The van der Waals surface area contributed by atoms with Crippen LogP contribution in [0.1, 0.15) is 48.8 Å². The highest BCUT2D eigenvalue weighted by atomic mass is 16.3. The Morgan fingerprint density at radius 2 is 1.86 bits per heavy atom. The first-order valence-corrected chi connectivity index (χ1v) is 7.74. The Balaban J connectivity index is 2.16. The van der Waals surface area contributed by atoms with E-state index in [0.29, 0.717) is 0 Å². The highest BCUT2D eigenvalue weighted by molar-refractivity contribution is 6.01. The number of nitrogens with one attached hydrogen (secondary N) is 1. The first kappa shape index (κ1) is 16.1. The highest BCUT2D eigenvalue weighted by Gasteiger charge is 2.18. The van der Waals surface area contributed by atoms with Gasteiger partial charge in [0, 0.05) is 6.04 Å². The molecule has 4 heteroatoms. The number of carbonyl (C=O) groups is 1. The molecule has 2 rings (SSSR count). The zero-order valence-corrected chi connectivity index (χ0v) is 13.1. The molecular weight excluding hydrogens is 276 g/mol. The molecule has 0 heterocycles. The molecule has 1 aliphatic carbocycles. The van der Waals surface area contributed by atoms with Crippen molar-refractivity contribution in [2.24, 2.45) is 0 Å². The summed E-state index contributed by atoms with van der Waals surface area (Å²) in [6.07, 6.45) is 7.04. The summed E-state index contributed by atoms with van der Waals surface area (Å²) in [4.78, 5) is 12.2. The van der Waals surface area contributed by atoms with Crippen LogP contribution in [0, 0.1) is 25.2 Å². The van der Waals surface area contributed by atoms with Gasteiger partial charge < -0.3 is 10.4 Å². The van der Waals surface area contributed by atoms with E-state index < -0.39 is 0 Å². The quantitative estimate of drug-likeness (QED) is 0.664. The fraction of sp³-hybridized carbons (Fsp3) is 0.444. The minimum atomic E-state index is -0.308. The van der Waals surface area contributed by atoms with Gasteiger partial charge in [0.15, 0.2) is 0 Å². The second kappa shape index (κ2) is 7.13. The molecule has 0 radical (unpaired) electrons. The number of nitrogens with zero attached hydrogens (tertiary/aromatic N) is 1. The average Bonchev–Trinajstić information content (AvgIpc) is 2.51. The van der Waals surface area contributed by atoms with E-state index in [1.807, 2.05) is 6.07 Å². The second-order valence-electron chi connectivity index (χ2n) is 5.98. The van der Waals surface area contributed by atoms with E-state index in [1.54, 1.807) is 32.1 Å². The summed E-state index contributed by atoms with van der Waals surface area (Å²) in [6, 6.07) is 5.70. The van der Waals surface area contributed by atoms with Crippen molar-refractivity contribution in [3.63, 3.8) is 0 Å². The van der Waals surface area contributed by atoms with Gasteiger partial charge >= 0.3 is 0 Å². The maximum Gasteiger partial charge on any atom is 0.262 e. The Bertz CT molecular complexity index is 612. The normalized spacial score (nSPS) is 16.1. The lowest BCUT2D eigenvalue weighted by molar-refractivity contribution is -0.117. The molecule has 0 spiro atoms. The molecular formula is C18H22N2O2. The van der Waals surface area contributed by atoms with Gasteiger partial charge in [-0.3, -0.25) is 4.79 Å². The summed E-state index contributed by atoms with van der Waals surface area (Å²) < 4.78 is 0. The molecule has 22 heavy (non-hydrogen) atoms. The van der Waals surface area contributed by atoms with Gasteiger partial charge in [0.05, 0.1) is 0 Å². The standard InChI is InChI=1S/C18H22N2O2/c1-12-8-14(9-13(2)17(12)21)10-15(11-19)18(22)20-16-6-4-3-5-7-16/h8-10,16,21H,3-7H2,1-2H3,(H,20,22)/b15-10+. The summed E-state index contributed by atoms with van der Waals surface area (Å²) in [7, 11) is 0. The average molecular weight is 298 g/mol. The monoisotopic (exact) mass is 298 g/mol. The molecule has 4 nitrogen and oxygen atoms in total. The Hall–Kier alpha value is -2.28. The van der Waals surface area contributed by atoms with Gasteiger partial charge in [-0.25, -0.2) is 0 Å². The third-order valence-corrected chi connectivity index (χ3v) is 4.13. The number of hydrogen-bond acceptors (Lipinski definition) is 3. The van der Waals surface area contributed by atoms with Gasteiger partial charge in [0.2, 0.25) is 0 Å². The van der Waals surface area contributed by atoms with Crippen LogP contribution in [0.2, 0.25) is 0 Å². The molecule has 0 aliphatic heterocycles. The lowest BCUT2D eigenvalue weighted by Gasteiger charge is -2.22. The van der Waals surface area contributed by atoms with Crippen LogP contribution in [0.25, 0.3) is 6.08 Å². The summed E-state index contributed by atoms with van der Waals surface area (Å²) >= 11 is 0. The molecule has 1 fully saturated rings. The summed E-state index contributed by atoms with van der Waals surface area (Å²) in [5, 5.41) is 22.0. The van der Waals surface area contributed by atoms with Crippen molar-refractivity contribution in [3.05, 3.63) is 34.4 Å². The Labute approximate surface area is 131 Å². The fourth-order valence-corrected chi connectivity index (χ4v) is 2.90. The number of benzene rings is 1. The van der Waals surface area contributed by atoms with Gasteiger partial charge in [-0.15, -0.1) is 0 Å². The molecule has 1 aromatic rings. The Kier molecular flexibility index (Phi) is 5.21. The largest absolute Gasteiger partial charge is 0.507 e.